The minimum absolute atomic E-state index is 0.0407. The standard InChI is InChI=1S/C23H16O6.C16H19N3O4S/c24-20-16(14-7-3-1-5-12(14)9-18(20)22(26)27)11-17-15-8-4-2-6-13(15)10-19(21(17)25)23(28)29;1-16(2)11(15(22)23)19-13(21)10(14(19)24-16)18-12(20)9(17)8-6-4-3-5-7-8/h1-10,24-25H,11H2,(H,26,27)(H,28,29);3-7,9-11,14H,17H2,1-2H3,(H,18,20)(H,22,23). The molecular formula is C39H35N3O10S. The van der Waals surface area contributed by atoms with E-state index in [2.05, 4.69) is 5.32 Å². The number of fused-ring (bicyclic) bond motifs is 3. The highest BCUT2D eigenvalue weighted by Crippen LogP contribution is 2.51. The van der Waals surface area contributed by atoms with Crippen molar-refractivity contribution >= 4 is 63.0 Å². The van der Waals surface area contributed by atoms with Crippen molar-refractivity contribution in [3.05, 3.63) is 119 Å². The fourth-order valence-electron chi connectivity index (χ4n) is 6.88. The summed E-state index contributed by atoms with van der Waals surface area (Å²) in [5.74, 6) is -5.21. The number of nitrogens with zero attached hydrogens (tertiary/aromatic N) is 1. The predicted molar refractivity (Wildman–Crippen MR) is 197 cm³/mol. The fraction of sp³-hybridized carbons (Fsp3) is 0.205. The first-order chi connectivity index (χ1) is 25.1. The Morgan fingerprint density at radius 2 is 1.26 bits per heavy atom. The summed E-state index contributed by atoms with van der Waals surface area (Å²) in [6.07, 6.45) is -0.0407. The molecule has 0 aromatic heterocycles. The number of β-lactam (4-membered cyclic amide) rings is 1. The second-order valence-electron chi connectivity index (χ2n) is 13.2. The average Bonchev–Trinajstić information content (AvgIpc) is 3.39. The summed E-state index contributed by atoms with van der Waals surface area (Å²) in [5, 5.41) is 54.5. The summed E-state index contributed by atoms with van der Waals surface area (Å²) in [5.41, 5.74) is 6.71. The van der Waals surface area contributed by atoms with Gasteiger partial charge in [0.05, 0.1) is 0 Å². The van der Waals surface area contributed by atoms with Crippen LogP contribution in [0.15, 0.2) is 91.0 Å². The molecule has 2 saturated heterocycles. The van der Waals surface area contributed by atoms with Gasteiger partial charge in [-0.2, -0.15) is 0 Å². The normalized spacial score (nSPS) is 19.0. The highest BCUT2D eigenvalue weighted by atomic mass is 32.2. The molecule has 13 nitrogen and oxygen atoms in total. The van der Waals surface area contributed by atoms with Crippen LogP contribution in [0.1, 0.15) is 57.3 Å². The molecule has 5 aromatic carbocycles. The number of amides is 2. The van der Waals surface area contributed by atoms with Crippen molar-refractivity contribution in [3.63, 3.8) is 0 Å². The predicted octanol–water partition coefficient (Wildman–Crippen LogP) is 4.71. The number of thioether (sulfide) groups is 1. The van der Waals surface area contributed by atoms with Crippen LogP contribution in [-0.4, -0.2) is 82.4 Å². The lowest BCUT2D eigenvalue weighted by Gasteiger charge is -2.43. The van der Waals surface area contributed by atoms with Gasteiger partial charge in [-0.15, -0.1) is 11.8 Å². The third-order valence-electron chi connectivity index (χ3n) is 9.48. The molecule has 7 rings (SSSR count). The molecule has 2 aliphatic heterocycles. The second-order valence-corrected chi connectivity index (χ2v) is 15.0. The summed E-state index contributed by atoms with van der Waals surface area (Å²) in [4.78, 5) is 60.7. The molecule has 272 valence electrons. The lowest BCUT2D eigenvalue weighted by Crippen LogP contribution is -2.71. The van der Waals surface area contributed by atoms with E-state index in [1.807, 2.05) is 6.07 Å². The van der Waals surface area contributed by atoms with Crippen LogP contribution in [0.3, 0.4) is 0 Å². The maximum absolute atomic E-state index is 12.3. The monoisotopic (exact) mass is 737 g/mol. The number of carbonyl (C=O) groups is 5. The van der Waals surface area contributed by atoms with Gasteiger partial charge in [0.25, 0.3) is 0 Å². The molecule has 4 atom stereocenters. The SMILES string of the molecule is CC1(C)SC2C(NC(=O)C(N)c3ccccc3)C(=O)N2C1C(=O)O.O=C(O)c1cc2ccccc2c(Cc2c(O)c(C(=O)O)cc3ccccc23)c1O. The zero-order chi connectivity index (χ0) is 38.4. The van der Waals surface area contributed by atoms with Crippen LogP contribution in [-0.2, 0) is 20.8 Å². The van der Waals surface area contributed by atoms with Crippen LogP contribution in [0.5, 0.6) is 11.5 Å². The molecule has 14 heteroatoms. The molecule has 5 aromatic rings. The number of carboxylic acid groups (broad SMARTS) is 3. The van der Waals surface area contributed by atoms with Gasteiger partial charge in [-0.05, 0) is 53.1 Å². The highest BCUT2D eigenvalue weighted by molar-refractivity contribution is 8.01. The van der Waals surface area contributed by atoms with Crippen molar-refractivity contribution in [1.29, 1.82) is 0 Å². The van der Waals surface area contributed by atoms with E-state index < -0.39 is 58.2 Å². The number of hydrogen-bond donors (Lipinski definition) is 7. The lowest BCUT2D eigenvalue weighted by atomic mass is 9.90. The highest BCUT2D eigenvalue weighted by Gasteiger charge is 2.64. The van der Waals surface area contributed by atoms with E-state index in [0.717, 1.165) is 0 Å². The van der Waals surface area contributed by atoms with Crippen molar-refractivity contribution in [2.24, 2.45) is 5.73 Å². The van der Waals surface area contributed by atoms with E-state index in [0.29, 0.717) is 38.2 Å². The minimum atomic E-state index is -1.28. The average molecular weight is 738 g/mol. The van der Waals surface area contributed by atoms with Gasteiger partial charge in [-0.3, -0.25) is 9.59 Å². The van der Waals surface area contributed by atoms with Gasteiger partial charge in [-0.1, -0.05) is 78.9 Å². The van der Waals surface area contributed by atoms with Crippen molar-refractivity contribution in [2.75, 3.05) is 0 Å². The van der Waals surface area contributed by atoms with Gasteiger partial charge in [0.2, 0.25) is 11.8 Å². The van der Waals surface area contributed by atoms with Crippen molar-refractivity contribution in [2.45, 2.75) is 48.5 Å². The number of aliphatic carboxylic acids is 1. The summed E-state index contributed by atoms with van der Waals surface area (Å²) in [6, 6.07) is 23.2. The third kappa shape index (κ3) is 6.69. The number of carboxylic acids is 3. The molecule has 2 amide bonds. The number of hydrogen-bond acceptors (Lipinski definition) is 9. The van der Waals surface area contributed by atoms with Gasteiger partial charge < -0.3 is 41.5 Å². The van der Waals surface area contributed by atoms with E-state index >= 15 is 0 Å². The van der Waals surface area contributed by atoms with Crippen molar-refractivity contribution < 1.29 is 49.5 Å². The topological polar surface area (TPSA) is 228 Å². The van der Waals surface area contributed by atoms with Crippen LogP contribution in [0.2, 0.25) is 0 Å². The molecular weight excluding hydrogens is 703 g/mol. The first-order valence-corrected chi connectivity index (χ1v) is 17.3. The summed E-state index contributed by atoms with van der Waals surface area (Å²) in [7, 11) is 0. The maximum atomic E-state index is 12.3. The number of aromatic carboxylic acids is 2. The van der Waals surface area contributed by atoms with Gasteiger partial charge in [0.15, 0.2) is 0 Å². The Kier molecular flexibility index (Phi) is 9.77. The van der Waals surface area contributed by atoms with Gasteiger partial charge in [0, 0.05) is 22.3 Å². The lowest BCUT2D eigenvalue weighted by molar-refractivity contribution is -0.161. The number of aromatic hydroxyl groups is 2. The van der Waals surface area contributed by atoms with Gasteiger partial charge >= 0.3 is 17.9 Å². The Labute approximate surface area is 306 Å². The van der Waals surface area contributed by atoms with E-state index in [4.69, 9.17) is 5.73 Å². The van der Waals surface area contributed by atoms with Crippen molar-refractivity contribution in [3.8, 4) is 11.5 Å². The van der Waals surface area contributed by atoms with E-state index in [1.54, 1.807) is 86.6 Å². The fourth-order valence-corrected chi connectivity index (χ4v) is 8.51. The molecule has 0 radical (unpaired) electrons. The van der Waals surface area contributed by atoms with Crippen LogP contribution < -0.4 is 11.1 Å². The zero-order valence-electron chi connectivity index (χ0n) is 28.4. The Bertz CT molecular complexity index is 2210. The zero-order valence-corrected chi connectivity index (χ0v) is 29.2. The number of rotatable bonds is 8. The molecule has 8 N–H and O–H groups in total. The number of benzene rings is 5. The number of carbonyl (C=O) groups excluding carboxylic acids is 2. The quantitative estimate of drug-likeness (QED) is 0.108. The number of nitrogens with two attached hydrogens (primary N) is 1. The van der Waals surface area contributed by atoms with Crippen LogP contribution in [0.4, 0.5) is 0 Å². The van der Waals surface area contributed by atoms with Gasteiger partial charge in [-0.25, -0.2) is 14.4 Å². The van der Waals surface area contributed by atoms with Crippen LogP contribution in [0, 0.1) is 0 Å². The van der Waals surface area contributed by atoms with Crippen LogP contribution in [0.25, 0.3) is 21.5 Å². The number of phenols is 2. The Morgan fingerprint density at radius 3 is 1.74 bits per heavy atom. The van der Waals surface area contributed by atoms with E-state index in [1.165, 1.54) is 28.8 Å². The largest absolute Gasteiger partial charge is 0.507 e. The molecule has 4 unspecified atom stereocenters. The molecule has 0 spiro atoms. The van der Waals surface area contributed by atoms with E-state index in [9.17, 15) is 49.5 Å². The molecule has 0 bridgehead atoms. The number of nitrogens with one attached hydrogen (secondary N) is 1. The van der Waals surface area contributed by atoms with Crippen LogP contribution >= 0.6 is 11.8 Å². The smallest absolute Gasteiger partial charge is 0.339 e. The molecule has 2 fully saturated rings. The molecule has 2 aliphatic rings. The Balaban J connectivity index is 0.000000185. The summed E-state index contributed by atoms with van der Waals surface area (Å²) >= 11 is 1.38. The third-order valence-corrected chi connectivity index (χ3v) is 11.1. The first-order valence-electron chi connectivity index (χ1n) is 16.4. The Hall–Kier alpha value is -6.12. The minimum Gasteiger partial charge on any atom is -0.507 e. The molecule has 0 aliphatic carbocycles. The molecule has 53 heavy (non-hydrogen) atoms. The van der Waals surface area contributed by atoms with E-state index in [-0.39, 0.29) is 28.8 Å². The Morgan fingerprint density at radius 1 is 0.792 bits per heavy atom. The van der Waals surface area contributed by atoms with Crippen molar-refractivity contribution in [1.82, 2.24) is 10.2 Å². The second kappa shape index (κ2) is 14.1. The molecule has 0 saturated carbocycles. The summed E-state index contributed by atoms with van der Waals surface area (Å²) in [6.45, 7) is 3.58. The molecule has 2 heterocycles. The summed E-state index contributed by atoms with van der Waals surface area (Å²) < 4.78 is -0.618. The first kappa shape index (κ1) is 36.7. The van der Waals surface area contributed by atoms with Gasteiger partial charge in [0.1, 0.15) is 46.1 Å². The maximum Gasteiger partial charge on any atom is 0.339 e.